The molecule has 0 amide bonds. The van der Waals surface area contributed by atoms with Crippen LogP contribution in [0, 0.1) is 6.92 Å². The lowest BCUT2D eigenvalue weighted by Crippen LogP contribution is -2.17. The fraction of sp³-hybridized carbons (Fsp3) is 0.200. The highest BCUT2D eigenvalue weighted by atomic mass is 16.1. The van der Waals surface area contributed by atoms with Crippen LogP contribution in [0.5, 0.6) is 0 Å². The summed E-state index contributed by atoms with van der Waals surface area (Å²) in [5.74, 6) is 0.493. The molecule has 6 nitrogen and oxygen atoms in total. The summed E-state index contributed by atoms with van der Waals surface area (Å²) >= 11 is 0. The van der Waals surface area contributed by atoms with Gasteiger partial charge in [0.1, 0.15) is 5.69 Å². The molecule has 0 atom stereocenters. The molecule has 0 aliphatic carbocycles. The number of anilines is 1. The van der Waals surface area contributed by atoms with Gasteiger partial charge in [-0.15, -0.1) is 0 Å². The largest absolute Gasteiger partial charge is 0.364 e. The molecule has 0 fully saturated rings. The fourth-order valence-electron chi connectivity index (χ4n) is 1.25. The van der Waals surface area contributed by atoms with Crippen molar-refractivity contribution >= 4 is 5.82 Å². The van der Waals surface area contributed by atoms with Gasteiger partial charge in [0, 0.05) is 18.9 Å². The van der Waals surface area contributed by atoms with Crippen molar-refractivity contribution in [2.45, 2.75) is 13.5 Å². The molecule has 6 heteroatoms. The number of aryl methyl sites for hydroxylation is 1. The van der Waals surface area contributed by atoms with E-state index in [2.05, 4.69) is 25.5 Å². The third-order valence-electron chi connectivity index (χ3n) is 2.06. The van der Waals surface area contributed by atoms with Gasteiger partial charge in [0.15, 0.2) is 5.82 Å². The minimum absolute atomic E-state index is 0.459. The zero-order chi connectivity index (χ0) is 11.4. The molecule has 2 aromatic heterocycles. The van der Waals surface area contributed by atoms with Gasteiger partial charge in [-0.1, -0.05) is 6.07 Å². The summed E-state index contributed by atoms with van der Waals surface area (Å²) in [4.78, 5) is 18.7. The van der Waals surface area contributed by atoms with E-state index in [0.29, 0.717) is 18.1 Å². The molecule has 2 rings (SSSR count). The molecule has 2 heterocycles. The van der Waals surface area contributed by atoms with Crippen LogP contribution in [0.15, 0.2) is 29.3 Å². The van der Waals surface area contributed by atoms with Crippen LogP contribution in [0.2, 0.25) is 0 Å². The Morgan fingerprint density at radius 1 is 1.50 bits per heavy atom. The molecule has 0 saturated carbocycles. The zero-order valence-corrected chi connectivity index (χ0v) is 8.77. The maximum atomic E-state index is 11.0. The van der Waals surface area contributed by atoms with Gasteiger partial charge < -0.3 is 5.32 Å². The minimum Gasteiger partial charge on any atom is -0.364 e. The van der Waals surface area contributed by atoms with Gasteiger partial charge >= 0.3 is 5.69 Å². The Kier molecular flexibility index (Phi) is 2.90. The number of pyridine rings is 1. The molecule has 0 saturated heterocycles. The summed E-state index contributed by atoms with van der Waals surface area (Å²) in [6.07, 6.45) is 3.46. The van der Waals surface area contributed by atoms with Gasteiger partial charge in [-0.05, 0) is 18.6 Å². The third kappa shape index (κ3) is 2.41. The lowest BCUT2D eigenvalue weighted by Gasteiger charge is -2.05. The molecule has 0 radical (unpaired) electrons. The highest BCUT2D eigenvalue weighted by molar-refractivity contribution is 5.38. The predicted octanol–water partition coefficient (Wildman–Crippen LogP) is 0.480. The van der Waals surface area contributed by atoms with Crippen LogP contribution in [-0.2, 0) is 6.54 Å². The van der Waals surface area contributed by atoms with Crippen LogP contribution in [-0.4, -0.2) is 20.2 Å². The molecule has 0 aliphatic heterocycles. The maximum Gasteiger partial charge on any atom is 0.363 e. The number of rotatable bonds is 3. The van der Waals surface area contributed by atoms with E-state index in [-0.39, 0.29) is 0 Å². The molecule has 2 aromatic rings. The summed E-state index contributed by atoms with van der Waals surface area (Å²) in [6.45, 7) is 2.33. The Hall–Kier alpha value is -2.24. The van der Waals surface area contributed by atoms with Crippen molar-refractivity contribution in [2.24, 2.45) is 0 Å². The number of nitrogens with zero attached hydrogens (tertiary/aromatic N) is 3. The first kappa shape index (κ1) is 10.3. The number of H-pyrrole nitrogens is 1. The Labute approximate surface area is 91.8 Å². The Bertz CT molecular complexity index is 522. The van der Waals surface area contributed by atoms with Crippen LogP contribution < -0.4 is 11.0 Å². The van der Waals surface area contributed by atoms with Gasteiger partial charge in [-0.25, -0.2) is 9.89 Å². The summed E-state index contributed by atoms with van der Waals surface area (Å²) in [7, 11) is 0. The number of aromatic amines is 1. The van der Waals surface area contributed by atoms with E-state index in [1.54, 1.807) is 19.3 Å². The van der Waals surface area contributed by atoms with Gasteiger partial charge in [-0.3, -0.25) is 4.98 Å². The number of hydrogen-bond acceptors (Lipinski definition) is 5. The van der Waals surface area contributed by atoms with E-state index >= 15 is 0 Å². The third-order valence-corrected chi connectivity index (χ3v) is 2.06. The highest BCUT2D eigenvalue weighted by Gasteiger charge is 2.01. The quantitative estimate of drug-likeness (QED) is 0.781. The Morgan fingerprint density at radius 3 is 3.12 bits per heavy atom. The standard InChI is InChI=1S/C10H11N5O/c1-7-9(13-10(16)15-14-7)12-6-8-3-2-4-11-5-8/h2-5H,6H2,1H3,(H2,12,13,15,16). The average molecular weight is 217 g/mol. The van der Waals surface area contributed by atoms with E-state index in [4.69, 9.17) is 0 Å². The molecule has 0 spiro atoms. The molecular formula is C10H11N5O. The molecule has 16 heavy (non-hydrogen) atoms. The predicted molar refractivity (Wildman–Crippen MR) is 59.0 cm³/mol. The van der Waals surface area contributed by atoms with Crippen molar-refractivity contribution in [2.75, 3.05) is 5.32 Å². The maximum absolute atomic E-state index is 11.0. The smallest absolute Gasteiger partial charge is 0.363 e. The van der Waals surface area contributed by atoms with Crippen molar-refractivity contribution < 1.29 is 0 Å². The van der Waals surface area contributed by atoms with Crippen molar-refractivity contribution in [3.63, 3.8) is 0 Å². The van der Waals surface area contributed by atoms with Gasteiger partial charge in [0.2, 0.25) is 0 Å². The van der Waals surface area contributed by atoms with Crippen molar-refractivity contribution in [1.82, 2.24) is 20.2 Å². The van der Waals surface area contributed by atoms with E-state index in [9.17, 15) is 4.79 Å². The topological polar surface area (TPSA) is 83.6 Å². The van der Waals surface area contributed by atoms with Crippen LogP contribution in [0.4, 0.5) is 5.82 Å². The summed E-state index contributed by atoms with van der Waals surface area (Å²) in [6, 6.07) is 3.79. The lowest BCUT2D eigenvalue weighted by atomic mass is 10.3. The van der Waals surface area contributed by atoms with Gasteiger partial charge in [-0.2, -0.15) is 10.1 Å². The second-order valence-corrected chi connectivity index (χ2v) is 3.29. The Balaban J connectivity index is 2.10. The summed E-state index contributed by atoms with van der Waals surface area (Å²) in [5.41, 5.74) is 1.21. The van der Waals surface area contributed by atoms with Crippen molar-refractivity contribution in [3.05, 3.63) is 46.3 Å². The molecule has 82 valence electrons. The molecule has 0 unspecified atom stereocenters. The Morgan fingerprint density at radius 2 is 2.38 bits per heavy atom. The summed E-state index contributed by atoms with van der Waals surface area (Å²) < 4.78 is 0. The molecule has 2 N–H and O–H groups in total. The van der Waals surface area contributed by atoms with Gasteiger partial charge in [0.25, 0.3) is 0 Å². The minimum atomic E-state index is -0.459. The molecule has 0 aromatic carbocycles. The highest BCUT2D eigenvalue weighted by Crippen LogP contribution is 2.05. The monoisotopic (exact) mass is 217 g/mol. The second-order valence-electron chi connectivity index (χ2n) is 3.29. The van der Waals surface area contributed by atoms with Crippen molar-refractivity contribution in [3.8, 4) is 0 Å². The SMILES string of the molecule is Cc1n[nH]c(=O)nc1NCc1cccnc1. The first-order valence-corrected chi connectivity index (χ1v) is 4.82. The number of aromatic nitrogens is 4. The van der Waals surface area contributed by atoms with E-state index in [1.807, 2.05) is 12.1 Å². The van der Waals surface area contributed by atoms with Crippen LogP contribution >= 0.6 is 0 Å². The van der Waals surface area contributed by atoms with Gasteiger partial charge in [0.05, 0.1) is 0 Å². The number of nitrogens with one attached hydrogen (secondary N) is 2. The summed E-state index contributed by atoms with van der Waals surface area (Å²) in [5, 5.41) is 9.12. The molecule has 0 bridgehead atoms. The second kappa shape index (κ2) is 4.52. The van der Waals surface area contributed by atoms with E-state index in [0.717, 1.165) is 5.56 Å². The molecule has 0 aliphatic rings. The lowest BCUT2D eigenvalue weighted by molar-refractivity contribution is 0.874. The number of hydrogen-bond donors (Lipinski definition) is 2. The first-order valence-electron chi connectivity index (χ1n) is 4.82. The molecular weight excluding hydrogens is 206 g/mol. The van der Waals surface area contributed by atoms with Crippen LogP contribution in [0.3, 0.4) is 0 Å². The average Bonchev–Trinajstić information content (AvgIpc) is 2.32. The van der Waals surface area contributed by atoms with E-state index in [1.165, 1.54) is 0 Å². The first-order chi connectivity index (χ1) is 7.75. The normalized spacial score (nSPS) is 10.1. The fourth-order valence-corrected chi connectivity index (χ4v) is 1.25. The van der Waals surface area contributed by atoms with E-state index < -0.39 is 5.69 Å². The van der Waals surface area contributed by atoms with Crippen molar-refractivity contribution in [1.29, 1.82) is 0 Å². The zero-order valence-electron chi connectivity index (χ0n) is 8.77. The van der Waals surface area contributed by atoms with Crippen LogP contribution in [0.25, 0.3) is 0 Å². The van der Waals surface area contributed by atoms with Crippen LogP contribution in [0.1, 0.15) is 11.3 Å².